The van der Waals surface area contributed by atoms with Crippen LogP contribution < -0.4 is 16.2 Å². The van der Waals surface area contributed by atoms with Gasteiger partial charge in [0.25, 0.3) is 5.56 Å². The SMILES string of the molecule is N#Cc1ccc(F)cc1Cn1c(N2CCC[C@@H](N)C2)nc2c(-c3ccc(F)cc3)c[nH]c2c1=O. The summed E-state index contributed by atoms with van der Waals surface area (Å²) in [4.78, 5) is 23.5. The minimum atomic E-state index is -0.490. The van der Waals surface area contributed by atoms with Gasteiger partial charge in [0.15, 0.2) is 0 Å². The summed E-state index contributed by atoms with van der Waals surface area (Å²) >= 11 is 0. The Morgan fingerprint density at radius 3 is 2.68 bits per heavy atom. The number of halogens is 2. The highest BCUT2D eigenvalue weighted by Crippen LogP contribution is 2.29. The summed E-state index contributed by atoms with van der Waals surface area (Å²) in [5.74, 6) is -0.440. The number of aromatic amines is 1. The number of piperidine rings is 1. The Morgan fingerprint density at radius 2 is 1.94 bits per heavy atom. The Kier molecular flexibility index (Phi) is 5.59. The molecule has 0 aliphatic carbocycles. The van der Waals surface area contributed by atoms with Crippen molar-refractivity contribution in [1.29, 1.82) is 5.26 Å². The predicted octanol–water partition coefficient (Wildman–Crippen LogP) is 3.52. The van der Waals surface area contributed by atoms with Gasteiger partial charge < -0.3 is 15.6 Å². The molecule has 3 N–H and O–H groups in total. The smallest absolute Gasteiger partial charge is 0.279 e. The van der Waals surface area contributed by atoms with Crippen molar-refractivity contribution in [2.24, 2.45) is 5.73 Å². The van der Waals surface area contributed by atoms with Gasteiger partial charge >= 0.3 is 0 Å². The van der Waals surface area contributed by atoms with Crippen molar-refractivity contribution >= 4 is 17.0 Å². The molecule has 0 spiro atoms. The number of nitriles is 1. The van der Waals surface area contributed by atoms with Crippen LogP contribution in [0.1, 0.15) is 24.0 Å². The third-order valence-electron chi connectivity index (χ3n) is 6.18. The first-order valence-corrected chi connectivity index (χ1v) is 11.0. The standard InChI is InChI=1S/C25H22F2N6O/c26-18-6-3-15(4-7-18)21-12-30-23-22(21)31-25(32-9-1-2-20(29)14-32)33(24(23)34)13-17-10-19(27)8-5-16(17)11-28/h3-8,10,12,20,30H,1-2,9,13-14,29H2/t20-/m1/s1. The predicted molar refractivity (Wildman–Crippen MR) is 125 cm³/mol. The Morgan fingerprint density at radius 1 is 1.18 bits per heavy atom. The van der Waals surface area contributed by atoms with Gasteiger partial charge in [-0.3, -0.25) is 9.36 Å². The summed E-state index contributed by atoms with van der Waals surface area (Å²) in [5.41, 5.74) is 8.66. The van der Waals surface area contributed by atoms with Gasteiger partial charge in [0.2, 0.25) is 5.95 Å². The van der Waals surface area contributed by atoms with Crippen LogP contribution in [0.25, 0.3) is 22.2 Å². The minimum Gasteiger partial charge on any atom is -0.355 e. The molecule has 1 fully saturated rings. The molecule has 5 rings (SSSR count). The van der Waals surface area contributed by atoms with E-state index in [1.54, 1.807) is 18.3 Å². The number of nitrogens with one attached hydrogen (secondary N) is 1. The molecule has 2 aromatic heterocycles. The second-order valence-corrected chi connectivity index (χ2v) is 8.50. The van der Waals surface area contributed by atoms with Crippen molar-refractivity contribution in [1.82, 2.24) is 14.5 Å². The highest BCUT2D eigenvalue weighted by molar-refractivity contribution is 5.92. The van der Waals surface area contributed by atoms with Gasteiger partial charge in [-0.25, -0.2) is 13.8 Å². The fourth-order valence-electron chi connectivity index (χ4n) is 4.48. The Bertz CT molecular complexity index is 1470. The third kappa shape index (κ3) is 3.93. The second-order valence-electron chi connectivity index (χ2n) is 8.50. The molecule has 172 valence electrons. The monoisotopic (exact) mass is 460 g/mol. The molecule has 4 aromatic rings. The van der Waals surface area contributed by atoms with Crippen LogP contribution in [0.5, 0.6) is 0 Å². The molecule has 2 aromatic carbocycles. The molecule has 0 unspecified atom stereocenters. The Balaban J connectivity index is 1.71. The number of anilines is 1. The van der Waals surface area contributed by atoms with Crippen molar-refractivity contribution in [2.75, 3.05) is 18.0 Å². The van der Waals surface area contributed by atoms with E-state index >= 15 is 0 Å². The quantitative estimate of drug-likeness (QED) is 0.485. The number of rotatable bonds is 4. The van der Waals surface area contributed by atoms with Gasteiger partial charge in [0.1, 0.15) is 22.7 Å². The van der Waals surface area contributed by atoms with Crippen LogP contribution in [0.4, 0.5) is 14.7 Å². The average Bonchev–Trinajstić information content (AvgIpc) is 3.25. The first-order chi connectivity index (χ1) is 16.4. The van der Waals surface area contributed by atoms with E-state index in [4.69, 9.17) is 10.7 Å². The fraction of sp³-hybridized carbons (Fsp3) is 0.240. The molecule has 0 radical (unpaired) electrons. The maximum absolute atomic E-state index is 14.0. The molecule has 0 saturated carbocycles. The van der Waals surface area contributed by atoms with Crippen LogP contribution in [0.3, 0.4) is 0 Å². The lowest BCUT2D eigenvalue weighted by atomic mass is 10.1. The van der Waals surface area contributed by atoms with E-state index in [2.05, 4.69) is 11.1 Å². The average molecular weight is 460 g/mol. The summed E-state index contributed by atoms with van der Waals surface area (Å²) in [6, 6.07) is 11.9. The van der Waals surface area contributed by atoms with Crippen LogP contribution in [-0.4, -0.2) is 33.7 Å². The zero-order valence-corrected chi connectivity index (χ0v) is 18.3. The lowest BCUT2D eigenvalue weighted by Crippen LogP contribution is -2.45. The molecule has 3 heterocycles. The molecule has 1 saturated heterocycles. The number of nitrogens with two attached hydrogens (primary N) is 1. The van der Waals surface area contributed by atoms with Gasteiger partial charge in [-0.05, 0) is 54.3 Å². The number of benzene rings is 2. The van der Waals surface area contributed by atoms with Crippen LogP contribution in [0.2, 0.25) is 0 Å². The summed E-state index contributed by atoms with van der Waals surface area (Å²) in [7, 11) is 0. The number of H-pyrrole nitrogens is 1. The number of nitrogens with zero attached hydrogens (tertiary/aromatic N) is 4. The van der Waals surface area contributed by atoms with Crippen LogP contribution in [0.15, 0.2) is 53.5 Å². The number of hydrogen-bond donors (Lipinski definition) is 2. The number of aromatic nitrogens is 3. The molecule has 9 heteroatoms. The van der Waals surface area contributed by atoms with E-state index < -0.39 is 5.82 Å². The highest BCUT2D eigenvalue weighted by atomic mass is 19.1. The number of fused-ring (bicyclic) bond motifs is 1. The van der Waals surface area contributed by atoms with Crippen LogP contribution in [-0.2, 0) is 6.54 Å². The van der Waals surface area contributed by atoms with E-state index in [0.717, 1.165) is 18.4 Å². The molecule has 1 aliphatic rings. The summed E-state index contributed by atoms with van der Waals surface area (Å²) in [5, 5.41) is 9.49. The molecular weight excluding hydrogens is 438 g/mol. The van der Waals surface area contributed by atoms with Gasteiger partial charge in [0, 0.05) is 30.9 Å². The zero-order valence-electron chi connectivity index (χ0n) is 18.3. The maximum atomic E-state index is 14.0. The fourth-order valence-corrected chi connectivity index (χ4v) is 4.48. The molecule has 1 aliphatic heterocycles. The van der Waals surface area contributed by atoms with E-state index in [1.165, 1.54) is 34.9 Å². The lowest BCUT2D eigenvalue weighted by molar-refractivity contribution is 0.491. The minimum absolute atomic E-state index is 0.0194. The van der Waals surface area contributed by atoms with Crippen molar-refractivity contribution in [3.63, 3.8) is 0 Å². The molecule has 1 atom stereocenters. The summed E-state index contributed by atoms with van der Waals surface area (Å²) in [6.45, 7) is 1.16. The van der Waals surface area contributed by atoms with Gasteiger partial charge in [0.05, 0.1) is 18.2 Å². The van der Waals surface area contributed by atoms with Crippen molar-refractivity contribution in [2.45, 2.75) is 25.4 Å². The van der Waals surface area contributed by atoms with Crippen molar-refractivity contribution in [3.05, 3.63) is 81.8 Å². The largest absolute Gasteiger partial charge is 0.355 e. The molecule has 0 bridgehead atoms. The first kappa shape index (κ1) is 21.8. The van der Waals surface area contributed by atoms with E-state index in [9.17, 15) is 18.8 Å². The molecule has 7 nitrogen and oxygen atoms in total. The van der Waals surface area contributed by atoms with Gasteiger partial charge in [-0.15, -0.1) is 0 Å². The van der Waals surface area contributed by atoms with Gasteiger partial charge in [-0.1, -0.05) is 12.1 Å². The Hall–Kier alpha value is -4.03. The third-order valence-corrected chi connectivity index (χ3v) is 6.18. The molecular formula is C25H22F2N6O. The van der Waals surface area contributed by atoms with Crippen LogP contribution in [0, 0.1) is 23.0 Å². The maximum Gasteiger partial charge on any atom is 0.279 e. The molecule has 34 heavy (non-hydrogen) atoms. The van der Waals surface area contributed by atoms with E-state index in [1.807, 2.05) is 4.90 Å². The number of hydrogen-bond acceptors (Lipinski definition) is 5. The lowest BCUT2D eigenvalue weighted by Gasteiger charge is -2.33. The van der Waals surface area contributed by atoms with Crippen molar-refractivity contribution < 1.29 is 8.78 Å². The van der Waals surface area contributed by atoms with Crippen molar-refractivity contribution in [3.8, 4) is 17.2 Å². The zero-order chi connectivity index (χ0) is 23.8. The topological polar surface area (TPSA) is 104 Å². The first-order valence-electron chi connectivity index (χ1n) is 11.0. The van der Waals surface area contributed by atoms with Gasteiger partial charge in [-0.2, -0.15) is 5.26 Å². The summed E-state index contributed by atoms with van der Waals surface area (Å²) < 4.78 is 28.9. The Labute approximate surface area is 194 Å². The van der Waals surface area contributed by atoms with Crippen LogP contribution >= 0.6 is 0 Å². The van der Waals surface area contributed by atoms with E-state index in [0.29, 0.717) is 35.7 Å². The van der Waals surface area contributed by atoms with E-state index in [-0.39, 0.29) is 35.0 Å². The summed E-state index contributed by atoms with van der Waals surface area (Å²) in [6.07, 6.45) is 3.39. The molecule has 0 amide bonds. The highest BCUT2D eigenvalue weighted by Gasteiger charge is 2.25. The second kappa shape index (κ2) is 8.72. The normalized spacial score (nSPS) is 16.1.